The number of benzene rings is 1. The first kappa shape index (κ1) is 15.0. The van der Waals surface area contributed by atoms with Gasteiger partial charge in [0, 0.05) is 11.7 Å². The van der Waals surface area contributed by atoms with Crippen LogP contribution < -0.4 is 10.6 Å². The number of carbonyl (C=O) groups is 1. The molecule has 1 unspecified atom stereocenters. The maximum absolute atomic E-state index is 12.4. The zero-order chi connectivity index (χ0) is 14.4. The third kappa shape index (κ3) is 3.81. The van der Waals surface area contributed by atoms with Crippen LogP contribution in [0, 0.1) is 0 Å². The molecule has 0 radical (unpaired) electrons. The highest BCUT2D eigenvalue weighted by molar-refractivity contribution is 5.94. The van der Waals surface area contributed by atoms with Crippen LogP contribution in [0.2, 0.25) is 0 Å². The minimum atomic E-state index is -0.0942. The fraction of sp³-hybridized carbons (Fsp3) is 0.562. The van der Waals surface area contributed by atoms with E-state index in [4.69, 9.17) is 0 Å². The van der Waals surface area contributed by atoms with Crippen LogP contribution in [0.4, 0.5) is 5.69 Å². The lowest BCUT2D eigenvalue weighted by atomic mass is 10.0. The number of hydrogen-bond donors (Lipinski definition) is 2. The van der Waals surface area contributed by atoms with Gasteiger partial charge >= 0.3 is 0 Å². The first-order valence-electron chi connectivity index (χ1n) is 7.54. The molecule has 1 amide bonds. The van der Waals surface area contributed by atoms with Gasteiger partial charge in [-0.3, -0.25) is 9.69 Å². The molecule has 1 atom stereocenters. The summed E-state index contributed by atoms with van der Waals surface area (Å²) in [6, 6.07) is 10.1. The molecule has 20 heavy (non-hydrogen) atoms. The summed E-state index contributed by atoms with van der Waals surface area (Å²) in [4.78, 5) is 14.7. The molecule has 1 aromatic rings. The smallest absolute Gasteiger partial charge is 0.241 e. The Hall–Kier alpha value is -1.39. The maximum atomic E-state index is 12.4. The Balaban J connectivity index is 1.96. The highest BCUT2D eigenvalue weighted by Crippen LogP contribution is 2.16. The number of nitrogens with zero attached hydrogens (tertiary/aromatic N) is 1. The highest BCUT2D eigenvalue weighted by atomic mass is 16.2. The van der Waals surface area contributed by atoms with Crippen molar-refractivity contribution in [3.63, 3.8) is 0 Å². The van der Waals surface area contributed by atoms with Gasteiger partial charge in [0.25, 0.3) is 0 Å². The summed E-state index contributed by atoms with van der Waals surface area (Å²) in [5, 5.41) is 6.37. The number of anilines is 1. The largest absolute Gasteiger partial charge is 0.325 e. The van der Waals surface area contributed by atoms with Crippen molar-refractivity contribution in [3.8, 4) is 0 Å². The van der Waals surface area contributed by atoms with Gasteiger partial charge in [0.05, 0.1) is 6.04 Å². The summed E-state index contributed by atoms with van der Waals surface area (Å²) in [6.45, 7) is 7.15. The van der Waals surface area contributed by atoms with Crippen LogP contribution in [0.5, 0.6) is 0 Å². The quantitative estimate of drug-likeness (QED) is 0.865. The lowest BCUT2D eigenvalue weighted by Gasteiger charge is -2.37. The van der Waals surface area contributed by atoms with E-state index in [-0.39, 0.29) is 11.9 Å². The summed E-state index contributed by atoms with van der Waals surface area (Å²) < 4.78 is 0. The Morgan fingerprint density at radius 2 is 2.00 bits per heavy atom. The lowest BCUT2D eigenvalue weighted by molar-refractivity contribution is -0.121. The average molecular weight is 275 g/mol. The first-order valence-corrected chi connectivity index (χ1v) is 7.54. The molecule has 1 fully saturated rings. The molecular weight excluding hydrogens is 250 g/mol. The molecule has 4 nitrogen and oxygen atoms in total. The van der Waals surface area contributed by atoms with Crippen molar-refractivity contribution in [2.75, 3.05) is 25.0 Å². The fourth-order valence-electron chi connectivity index (χ4n) is 2.91. The summed E-state index contributed by atoms with van der Waals surface area (Å²) >= 11 is 0. The van der Waals surface area contributed by atoms with Gasteiger partial charge in [0.15, 0.2) is 0 Å². The number of para-hydroxylation sites is 1. The molecule has 1 saturated heterocycles. The molecule has 4 heteroatoms. The third-order valence-corrected chi connectivity index (χ3v) is 4.06. The number of likely N-dealkylation sites (N-methyl/N-ethyl adjacent to an activating group) is 1. The first-order chi connectivity index (χ1) is 9.72. The number of amides is 1. The normalized spacial score (nSPS) is 17.9. The molecule has 0 aromatic heterocycles. The van der Waals surface area contributed by atoms with E-state index in [1.54, 1.807) is 0 Å². The van der Waals surface area contributed by atoms with Crippen molar-refractivity contribution in [1.29, 1.82) is 0 Å². The molecule has 0 saturated carbocycles. The predicted octanol–water partition coefficient (Wildman–Crippen LogP) is 2.09. The Kier molecular flexibility index (Phi) is 5.56. The third-order valence-electron chi connectivity index (χ3n) is 4.06. The summed E-state index contributed by atoms with van der Waals surface area (Å²) in [5.41, 5.74) is 0.866. The van der Waals surface area contributed by atoms with E-state index in [1.807, 2.05) is 37.3 Å². The predicted molar refractivity (Wildman–Crippen MR) is 82.8 cm³/mol. The molecule has 0 bridgehead atoms. The van der Waals surface area contributed by atoms with Crippen LogP contribution in [0.15, 0.2) is 30.3 Å². The van der Waals surface area contributed by atoms with Gasteiger partial charge in [-0.1, -0.05) is 25.1 Å². The van der Waals surface area contributed by atoms with Crippen LogP contribution in [-0.2, 0) is 4.79 Å². The van der Waals surface area contributed by atoms with Crippen LogP contribution >= 0.6 is 0 Å². The van der Waals surface area contributed by atoms with Gasteiger partial charge in [-0.15, -0.1) is 0 Å². The van der Waals surface area contributed by atoms with Crippen molar-refractivity contribution >= 4 is 11.6 Å². The second-order valence-electron chi connectivity index (χ2n) is 5.34. The Morgan fingerprint density at radius 3 is 2.60 bits per heavy atom. The molecule has 1 heterocycles. The van der Waals surface area contributed by atoms with Gasteiger partial charge < -0.3 is 10.6 Å². The Bertz CT molecular complexity index is 415. The van der Waals surface area contributed by atoms with E-state index in [2.05, 4.69) is 22.5 Å². The average Bonchev–Trinajstić information content (AvgIpc) is 2.50. The van der Waals surface area contributed by atoms with Crippen molar-refractivity contribution in [2.45, 2.75) is 38.8 Å². The van der Waals surface area contributed by atoms with Crippen molar-refractivity contribution in [1.82, 2.24) is 10.2 Å². The van der Waals surface area contributed by atoms with Crippen LogP contribution in [-0.4, -0.2) is 42.5 Å². The van der Waals surface area contributed by atoms with E-state index in [9.17, 15) is 4.79 Å². The zero-order valence-corrected chi connectivity index (χ0v) is 12.4. The molecular formula is C16H25N3O. The minimum Gasteiger partial charge on any atom is -0.325 e. The monoisotopic (exact) mass is 275 g/mol. The second-order valence-corrected chi connectivity index (χ2v) is 5.34. The van der Waals surface area contributed by atoms with Gasteiger partial charge in [0.2, 0.25) is 5.91 Å². The summed E-state index contributed by atoms with van der Waals surface area (Å²) in [7, 11) is 0. The van der Waals surface area contributed by atoms with Gasteiger partial charge in [-0.05, 0) is 51.5 Å². The van der Waals surface area contributed by atoms with Crippen LogP contribution in [0.25, 0.3) is 0 Å². The van der Waals surface area contributed by atoms with Gasteiger partial charge in [-0.25, -0.2) is 0 Å². The standard InChI is InChI=1S/C16H25N3O/c1-3-19(15-9-11-17-12-10-15)13(2)16(20)18-14-7-5-4-6-8-14/h4-8,13,15,17H,3,9-12H2,1-2H3,(H,18,20). The van der Waals surface area contributed by atoms with E-state index in [0.717, 1.165) is 38.2 Å². The molecule has 110 valence electrons. The Morgan fingerprint density at radius 1 is 1.35 bits per heavy atom. The van der Waals surface area contributed by atoms with Crippen LogP contribution in [0.3, 0.4) is 0 Å². The molecule has 2 N–H and O–H groups in total. The molecule has 1 aliphatic rings. The maximum Gasteiger partial charge on any atom is 0.241 e. The number of rotatable bonds is 5. The lowest BCUT2D eigenvalue weighted by Crippen LogP contribution is -2.51. The summed E-state index contributed by atoms with van der Waals surface area (Å²) in [5.74, 6) is 0.0802. The molecule has 0 aliphatic carbocycles. The van der Waals surface area contributed by atoms with E-state index < -0.39 is 0 Å². The topological polar surface area (TPSA) is 44.4 Å². The minimum absolute atomic E-state index is 0.0802. The van der Waals surface area contributed by atoms with Gasteiger partial charge in [0.1, 0.15) is 0 Å². The van der Waals surface area contributed by atoms with Gasteiger partial charge in [-0.2, -0.15) is 0 Å². The van der Waals surface area contributed by atoms with Crippen molar-refractivity contribution in [3.05, 3.63) is 30.3 Å². The number of carbonyl (C=O) groups excluding carboxylic acids is 1. The van der Waals surface area contributed by atoms with E-state index in [1.165, 1.54) is 0 Å². The number of piperidine rings is 1. The molecule has 2 rings (SSSR count). The van der Waals surface area contributed by atoms with Crippen molar-refractivity contribution in [2.24, 2.45) is 0 Å². The fourth-order valence-corrected chi connectivity index (χ4v) is 2.91. The molecule has 1 aliphatic heterocycles. The van der Waals surface area contributed by atoms with E-state index in [0.29, 0.717) is 6.04 Å². The second kappa shape index (κ2) is 7.41. The SMILES string of the molecule is CCN(C1CCNCC1)C(C)C(=O)Nc1ccccc1. The summed E-state index contributed by atoms with van der Waals surface area (Å²) in [6.07, 6.45) is 2.24. The molecule has 1 aromatic carbocycles. The molecule has 0 spiro atoms. The van der Waals surface area contributed by atoms with E-state index >= 15 is 0 Å². The number of nitrogens with one attached hydrogen (secondary N) is 2. The zero-order valence-electron chi connectivity index (χ0n) is 12.4. The highest BCUT2D eigenvalue weighted by Gasteiger charge is 2.27. The van der Waals surface area contributed by atoms with Crippen LogP contribution in [0.1, 0.15) is 26.7 Å². The Labute approximate surface area is 121 Å². The van der Waals surface area contributed by atoms with Crippen molar-refractivity contribution < 1.29 is 4.79 Å². The number of hydrogen-bond acceptors (Lipinski definition) is 3.